The summed E-state index contributed by atoms with van der Waals surface area (Å²) in [5.41, 5.74) is 0.248. The van der Waals surface area contributed by atoms with Crippen LogP contribution in [0.1, 0.15) is 30.3 Å². The Morgan fingerprint density at radius 2 is 2.38 bits per heavy atom. The van der Waals surface area contributed by atoms with E-state index in [0.29, 0.717) is 11.7 Å². The molecule has 0 saturated heterocycles. The summed E-state index contributed by atoms with van der Waals surface area (Å²) in [6.07, 6.45) is 1.89. The molecule has 0 radical (unpaired) electrons. The Labute approximate surface area is 96.8 Å². The molecule has 1 aliphatic rings. The number of carbonyl (C=O) groups excluding carboxylic acids is 2. The summed E-state index contributed by atoms with van der Waals surface area (Å²) >= 11 is 1.23. The highest BCUT2D eigenvalue weighted by atomic mass is 32.1. The molecular weight excluding hydrogens is 228 g/mol. The highest BCUT2D eigenvalue weighted by Gasteiger charge is 2.30. The summed E-state index contributed by atoms with van der Waals surface area (Å²) in [5.74, 6) is -0.328. The molecule has 0 atom stereocenters. The van der Waals surface area contributed by atoms with Crippen LogP contribution >= 0.6 is 11.3 Å². The van der Waals surface area contributed by atoms with Crippen molar-refractivity contribution in [3.8, 4) is 0 Å². The normalized spacial score (nSPS) is 14.6. The van der Waals surface area contributed by atoms with Crippen LogP contribution in [0.5, 0.6) is 0 Å². The zero-order chi connectivity index (χ0) is 11.5. The van der Waals surface area contributed by atoms with Crippen molar-refractivity contribution in [3.63, 3.8) is 0 Å². The fourth-order valence-electron chi connectivity index (χ4n) is 1.18. The molecule has 1 fully saturated rings. The van der Waals surface area contributed by atoms with Crippen LogP contribution in [0.15, 0.2) is 5.38 Å². The van der Waals surface area contributed by atoms with E-state index in [4.69, 9.17) is 4.74 Å². The van der Waals surface area contributed by atoms with Gasteiger partial charge in [-0.3, -0.25) is 4.79 Å². The second-order valence-electron chi connectivity index (χ2n) is 3.52. The smallest absolute Gasteiger partial charge is 0.357 e. The maximum atomic E-state index is 11.4. The molecule has 0 bridgehead atoms. The molecular formula is C10H12N2O3S. The van der Waals surface area contributed by atoms with Gasteiger partial charge in [0.25, 0.3) is 0 Å². The number of esters is 1. The SMILES string of the molecule is CCOC(=O)c1csc(NC(=O)C2CC2)n1. The van der Waals surface area contributed by atoms with Crippen LogP contribution in [0.25, 0.3) is 0 Å². The van der Waals surface area contributed by atoms with Crippen LogP contribution in [-0.4, -0.2) is 23.5 Å². The summed E-state index contributed by atoms with van der Waals surface area (Å²) in [6.45, 7) is 2.06. The van der Waals surface area contributed by atoms with Crippen molar-refractivity contribution in [1.82, 2.24) is 4.98 Å². The van der Waals surface area contributed by atoms with Gasteiger partial charge in [0.1, 0.15) is 0 Å². The number of thiazole rings is 1. The minimum absolute atomic E-state index is 0.00948. The minimum atomic E-state index is -0.453. The Morgan fingerprint density at radius 3 is 3.00 bits per heavy atom. The maximum absolute atomic E-state index is 11.4. The summed E-state index contributed by atoms with van der Waals surface area (Å²) < 4.78 is 4.80. The topological polar surface area (TPSA) is 68.3 Å². The summed E-state index contributed by atoms with van der Waals surface area (Å²) in [5, 5.41) is 4.72. The van der Waals surface area contributed by atoms with Gasteiger partial charge in [0.15, 0.2) is 10.8 Å². The summed E-state index contributed by atoms with van der Waals surface area (Å²) in [4.78, 5) is 26.7. The minimum Gasteiger partial charge on any atom is -0.461 e. The molecule has 0 aromatic carbocycles. The average molecular weight is 240 g/mol. The number of amides is 1. The monoisotopic (exact) mass is 240 g/mol. The van der Waals surface area contributed by atoms with Crippen molar-refractivity contribution in [3.05, 3.63) is 11.1 Å². The van der Waals surface area contributed by atoms with Crippen LogP contribution in [-0.2, 0) is 9.53 Å². The molecule has 16 heavy (non-hydrogen) atoms. The van der Waals surface area contributed by atoms with Crippen molar-refractivity contribution in [2.24, 2.45) is 5.92 Å². The zero-order valence-electron chi connectivity index (χ0n) is 8.86. The molecule has 1 aromatic heterocycles. The van der Waals surface area contributed by atoms with Gasteiger partial charge in [-0.1, -0.05) is 0 Å². The first-order valence-corrected chi connectivity index (χ1v) is 6.02. The number of aromatic nitrogens is 1. The molecule has 86 valence electrons. The molecule has 5 nitrogen and oxygen atoms in total. The van der Waals surface area contributed by atoms with Crippen molar-refractivity contribution in [1.29, 1.82) is 0 Å². The number of nitrogens with one attached hydrogen (secondary N) is 1. The van der Waals surface area contributed by atoms with E-state index in [0.717, 1.165) is 12.8 Å². The number of nitrogens with zero attached hydrogens (tertiary/aromatic N) is 1. The lowest BCUT2D eigenvalue weighted by molar-refractivity contribution is -0.117. The fraction of sp³-hybridized carbons (Fsp3) is 0.500. The lowest BCUT2D eigenvalue weighted by Crippen LogP contribution is -2.13. The molecule has 1 amide bonds. The predicted molar refractivity (Wildman–Crippen MR) is 59.4 cm³/mol. The van der Waals surface area contributed by atoms with E-state index in [1.807, 2.05) is 0 Å². The molecule has 1 saturated carbocycles. The number of hydrogen-bond acceptors (Lipinski definition) is 5. The number of rotatable bonds is 4. The average Bonchev–Trinajstić information content (AvgIpc) is 3.00. The van der Waals surface area contributed by atoms with Crippen LogP contribution in [0, 0.1) is 5.92 Å². The first kappa shape index (κ1) is 11.1. The molecule has 1 aliphatic carbocycles. The quantitative estimate of drug-likeness (QED) is 0.813. The maximum Gasteiger partial charge on any atom is 0.357 e. The van der Waals surface area contributed by atoms with Gasteiger partial charge >= 0.3 is 5.97 Å². The third-order valence-corrected chi connectivity index (χ3v) is 2.92. The number of hydrogen-bond donors (Lipinski definition) is 1. The standard InChI is InChI=1S/C10H12N2O3S/c1-2-15-9(14)7-5-16-10(11-7)12-8(13)6-3-4-6/h5-6H,2-4H2,1H3,(H,11,12,13). The Kier molecular flexibility index (Phi) is 3.19. The van der Waals surface area contributed by atoms with E-state index in [9.17, 15) is 9.59 Å². The summed E-state index contributed by atoms with van der Waals surface area (Å²) in [6, 6.07) is 0. The van der Waals surface area contributed by atoms with Crippen molar-refractivity contribution >= 4 is 28.3 Å². The van der Waals surface area contributed by atoms with Gasteiger partial charge in [-0.2, -0.15) is 0 Å². The second kappa shape index (κ2) is 4.61. The van der Waals surface area contributed by atoms with Gasteiger partial charge in [0, 0.05) is 11.3 Å². The lowest BCUT2D eigenvalue weighted by atomic mass is 10.4. The van der Waals surface area contributed by atoms with Crippen LogP contribution in [0.2, 0.25) is 0 Å². The predicted octanol–water partition coefficient (Wildman–Crippen LogP) is 1.67. The second-order valence-corrected chi connectivity index (χ2v) is 4.38. The van der Waals surface area contributed by atoms with Gasteiger partial charge in [-0.25, -0.2) is 9.78 Å². The van der Waals surface area contributed by atoms with E-state index in [1.165, 1.54) is 11.3 Å². The van der Waals surface area contributed by atoms with Crippen molar-refractivity contribution in [2.45, 2.75) is 19.8 Å². The van der Waals surface area contributed by atoms with Gasteiger partial charge < -0.3 is 10.1 Å². The number of anilines is 1. The highest BCUT2D eigenvalue weighted by molar-refractivity contribution is 7.14. The van der Waals surface area contributed by atoms with Gasteiger partial charge in [-0.15, -0.1) is 11.3 Å². The van der Waals surface area contributed by atoms with Gasteiger partial charge in [0.05, 0.1) is 6.61 Å². The molecule has 2 rings (SSSR count). The molecule has 0 aliphatic heterocycles. The van der Waals surface area contributed by atoms with Crippen molar-refractivity contribution in [2.75, 3.05) is 11.9 Å². The van der Waals surface area contributed by atoms with E-state index < -0.39 is 5.97 Å². The van der Waals surface area contributed by atoms with Crippen LogP contribution < -0.4 is 5.32 Å². The number of ether oxygens (including phenoxy) is 1. The molecule has 0 unspecified atom stereocenters. The van der Waals surface area contributed by atoms with Gasteiger partial charge in [0.2, 0.25) is 5.91 Å². The van der Waals surface area contributed by atoms with Crippen LogP contribution in [0.4, 0.5) is 5.13 Å². The fourth-order valence-corrected chi connectivity index (χ4v) is 1.87. The highest BCUT2D eigenvalue weighted by Crippen LogP contribution is 2.30. The molecule has 1 aromatic rings. The van der Waals surface area contributed by atoms with E-state index in [-0.39, 0.29) is 17.5 Å². The molecule has 1 N–H and O–H groups in total. The third-order valence-electron chi connectivity index (χ3n) is 2.17. The Bertz CT molecular complexity index is 412. The first-order chi connectivity index (χ1) is 7.70. The largest absolute Gasteiger partial charge is 0.461 e. The Hall–Kier alpha value is -1.43. The van der Waals surface area contributed by atoms with Crippen LogP contribution in [0.3, 0.4) is 0 Å². The first-order valence-electron chi connectivity index (χ1n) is 5.14. The Balaban J connectivity index is 1.95. The summed E-state index contributed by atoms with van der Waals surface area (Å²) in [7, 11) is 0. The molecule has 0 spiro atoms. The van der Waals surface area contributed by atoms with E-state index >= 15 is 0 Å². The number of carbonyl (C=O) groups is 2. The Morgan fingerprint density at radius 1 is 1.62 bits per heavy atom. The van der Waals surface area contributed by atoms with E-state index in [2.05, 4.69) is 10.3 Å². The zero-order valence-corrected chi connectivity index (χ0v) is 9.67. The van der Waals surface area contributed by atoms with Crippen molar-refractivity contribution < 1.29 is 14.3 Å². The lowest BCUT2D eigenvalue weighted by Gasteiger charge is -1.98. The molecule has 1 heterocycles. The van der Waals surface area contributed by atoms with E-state index in [1.54, 1.807) is 12.3 Å². The van der Waals surface area contributed by atoms with Gasteiger partial charge in [-0.05, 0) is 19.8 Å². The molecule has 6 heteroatoms. The third kappa shape index (κ3) is 2.57.